The summed E-state index contributed by atoms with van der Waals surface area (Å²) >= 11 is 0. The smallest absolute Gasteiger partial charge is 0.417 e. The topological polar surface area (TPSA) is 118 Å². The first-order chi connectivity index (χ1) is 16.2. The Morgan fingerprint density at radius 1 is 1.29 bits per heavy atom. The molecule has 2 amide bonds. The van der Waals surface area contributed by atoms with Gasteiger partial charge >= 0.3 is 12.1 Å². The van der Waals surface area contributed by atoms with Crippen LogP contribution in [0.1, 0.15) is 42.7 Å². The number of hydrogen-bond donors (Lipinski definition) is 2. The van der Waals surface area contributed by atoms with E-state index in [-0.39, 0.29) is 22.6 Å². The van der Waals surface area contributed by atoms with E-state index in [1.54, 1.807) is 0 Å². The largest absolute Gasteiger partial charge is 0.618 e. The molecule has 1 aromatic heterocycles. The summed E-state index contributed by atoms with van der Waals surface area (Å²) in [4.78, 5) is 24.5. The average Bonchev–Trinajstić information content (AvgIpc) is 3.05. The number of primary amides is 1. The van der Waals surface area contributed by atoms with Crippen molar-refractivity contribution in [1.82, 2.24) is 0 Å². The summed E-state index contributed by atoms with van der Waals surface area (Å²) in [5.74, 6) is -8.36. The van der Waals surface area contributed by atoms with Crippen LogP contribution in [0.4, 0.5) is 27.6 Å². The van der Waals surface area contributed by atoms with Crippen molar-refractivity contribution >= 4 is 17.5 Å². The number of alkyl halides is 3. The molecular weight excluding hydrogens is 481 g/mol. The number of nitrogens with zero attached hydrogens (tertiary/aromatic N) is 1. The number of nitrogens with two attached hydrogens (primary N) is 1. The SMILES string of the molecule is CCOc1c([C@H]2[C@@H](C(=O)Nc3cc[n+]([O-])c(C(N)=O)c3)O[C@@](C)(C(F)(F)F)[C@@H]2C)ccc(F)c1F. The molecule has 0 bridgehead atoms. The van der Waals surface area contributed by atoms with Gasteiger partial charge in [-0.1, -0.05) is 13.0 Å². The van der Waals surface area contributed by atoms with Crippen molar-refractivity contribution in [2.24, 2.45) is 11.7 Å². The molecule has 0 radical (unpaired) electrons. The number of nitrogens with one attached hydrogen (secondary N) is 1. The van der Waals surface area contributed by atoms with Crippen LogP contribution in [0.15, 0.2) is 30.5 Å². The minimum atomic E-state index is -4.93. The van der Waals surface area contributed by atoms with Crippen LogP contribution in [0.2, 0.25) is 0 Å². The molecule has 1 saturated heterocycles. The standard InChI is InChI=1S/C22H22F5N3O5/c1-4-34-17-12(5-6-13(23)16(17)24)15-10(2)21(3,22(25,26)27)35-18(15)20(32)29-11-7-8-30(33)14(9-11)19(28)31/h5-10,15,18H,4H2,1-3H3,(H2,28,31)(H,29,32)/t10-,15+,18+,21-/m1/s1. The van der Waals surface area contributed by atoms with Gasteiger partial charge in [0.15, 0.2) is 23.4 Å². The van der Waals surface area contributed by atoms with E-state index in [1.165, 1.54) is 13.8 Å². The molecule has 8 nitrogen and oxygen atoms in total. The zero-order valence-corrected chi connectivity index (χ0v) is 18.8. The van der Waals surface area contributed by atoms with E-state index in [1.807, 2.05) is 0 Å². The van der Waals surface area contributed by atoms with Crippen LogP contribution in [0, 0.1) is 22.8 Å². The van der Waals surface area contributed by atoms with Gasteiger partial charge in [-0.05, 0) is 19.9 Å². The number of carbonyl (C=O) groups excluding carboxylic acids is 2. The summed E-state index contributed by atoms with van der Waals surface area (Å²) in [5, 5.41) is 14.0. The second-order valence-electron chi connectivity index (χ2n) is 8.15. The first-order valence-corrected chi connectivity index (χ1v) is 10.4. The Morgan fingerprint density at radius 2 is 1.94 bits per heavy atom. The molecule has 190 valence electrons. The van der Waals surface area contributed by atoms with Crippen molar-refractivity contribution in [2.75, 3.05) is 11.9 Å². The number of anilines is 1. The van der Waals surface area contributed by atoms with Crippen LogP contribution < -0.4 is 20.5 Å². The van der Waals surface area contributed by atoms with E-state index in [0.717, 1.165) is 37.4 Å². The predicted octanol–water partition coefficient (Wildman–Crippen LogP) is 3.17. The Bertz CT molecular complexity index is 1160. The van der Waals surface area contributed by atoms with E-state index < -0.39 is 64.6 Å². The zero-order valence-electron chi connectivity index (χ0n) is 18.8. The van der Waals surface area contributed by atoms with Gasteiger partial charge in [0.2, 0.25) is 5.82 Å². The summed E-state index contributed by atoms with van der Waals surface area (Å²) in [5.41, 5.74) is 1.44. The fraction of sp³-hybridized carbons (Fsp3) is 0.409. The summed E-state index contributed by atoms with van der Waals surface area (Å²) in [7, 11) is 0. The van der Waals surface area contributed by atoms with Crippen molar-refractivity contribution in [2.45, 2.75) is 44.6 Å². The third kappa shape index (κ3) is 4.59. The first kappa shape index (κ1) is 26.1. The van der Waals surface area contributed by atoms with Gasteiger partial charge in [-0.25, -0.2) is 4.39 Å². The Kier molecular flexibility index (Phi) is 6.93. The molecule has 35 heavy (non-hydrogen) atoms. The van der Waals surface area contributed by atoms with Crippen LogP contribution in [-0.4, -0.2) is 36.3 Å². The molecule has 1 aliphatic rings. The summed E-state index contributed by atoms with van der Waals surface area (Å²) in [6, 6.07) is 3.80. The molecule has 1 aromatic carbocycles. The second kappa shape index (κ2) is 9.29. The highest BCUT2D eigenvalue weighted by atomic mass is 19.4. The number of amides is 2. The number of halogens is 5. The van der Waals surface area contributed by atoms with Crippen molar-refractivity contribution < 1.29 is 45.7 Å². The van der Waals surface area contributed by atoms with Gasteiger partial charge < -0.3 is 25.7 Å². The molecule has 1 aliphatic heterocycles. The van der Waals surface area contributed by atoms with Crippen LogP contribution >= 0.6 is 0 Å². The van der Waals surface area contributed by atoms with Crippen LogP contribution in [0.25, 0.3) is 0 Å². The van der Waals surface area contributed by atoms with Crippen molar-refractivity contribution in [3.05, 3.63) is 58.6 Å². The maximum Gasteiger partial charge on any atom is 0.417 e. The lowest BCUT2D eigenvalue weighted by Gasteiger charge is -2.32. The third-order valence-electron chi connectivity index (χ3n) is 6.09. The third-order valence-corrected chi connectivity index (χ3v) is 6.09. The zero-order chi connectivity index (χ0) is 26.3. The van der Waals surface area contributed by atoms with Gasteiger partial charge in [0, 0.05) is 29.5 Å². The van der Waals surface area contributed by atoms with Crippen molar-refractivity contribution in [3.8, 4) is 5.75 Å². The molecule has 0 unspecified atom stereocenters. The van der Waals surface area contributed by atoms with Gasteiger partial charge in [-0.15, -0.1) is 0 Å². The molecule has 2 heterocycles. The number of rotatable bonds is 6. The Morgan fingerprint density at radius 3 is 2.51 bits per heavy atom. The summed E-state index contributed by atoms with van der Waals surface area (Å²) in [6.07, 6.45) is -5.89. The van der Waals surface area contributed by atoms with Gasteiger partial charge in [-0.2, -0.15) is 22.3 Å². The Hall–Kier alpha value is -3.48. The predicted molar refractivity (Wildman–Crippen MR) is 111 cm³/mol. The molecular formula is C22H22F5N3O5. The number of aromatic nitrogens is 1. The number of hydrogen-bond acceptors (Lipinski definition) is 5. The van der Waals surface area contributed by atoms with Crippen molar-refractivity contribution in [3.63, 3.8) is 0 Å². The lowest BCUT2D eigenvalue weighted by molar-refractivity contribution is -0.607. The Balaban J connectivity index is 2.09. The van der Waals surface area contributed by atoms with Crippen LogP contribution in [0.5, 0.6) is 5.75 Å². The molecule has 2 aromatic rings. The fourth-order valence-electron chi connectivity index (χ4n) is 4.08. The molecule has 0 spiro atoms. The average molecular weight is 503 g/mol. The lowest BCUT2D eigenvalue weighted by atomic mass is 9.77. The van der Waals surface area contributed by atoms with Gasteiger partial charge in [0.1, 0.15) is 6.10 Å². The molecule has 4 atom stereocenters. The summed E-state index contributed by atoms with van der Waals surface area (Å²) < 4.78 is 81.1. The highest BCUT2D eigenvalue weighted by Gasteiger charge is 2.66. The van der Waals surface area contributed by atoms with Crippen LogP contribution in [-0.2, 0) is 9.53 Å². The van der Waals surface area contributed by atoms with E-state index in [2.05, 4.69) is 5.32 Å². The lowest BCUT2D eigenvalue weighted by Crippen LogP contribution is -2.47. The van der Waals surface area contributed by atoms with Gasteiger partial charge in [-0.3, -0.25) is 9.59 Å². The van der Waals surface area contributed by atoms with E-state index in [9.17, 15) is 36.7 Å². The number of carbonyl (C=O) groups is 2. The van der Waals surface area contributed by atoms with E-state index >= 15 is 0 Å². The number of ether oxygens (including phenoxy) is 2. The van der Waals surface area contributed by atoms with E-state index in [4.69, 9.17) is 15.2 Å². The maximum absolute atomic E-state index is 14.5. The van der Waals surface area contributed by atoms with Gasteiger partial charge in [0.25, 0.3) is 11.6 Å². The molecule has 0 aliphatic carbocycles. The Labute approximate surface area is 196 Å². The van der Waals surface area contributed by atoms with Crippen LogP contribution in [0.3, 0.4) is 0 Å². The summed E-state index contributed by atoms with van der Waals surface area (Å²) in [6.45, 7) is 3.28. The van der Waals surface area contributed by atoms with Crippen molar-refractivity contribution in [1.29, 1.82) is 0 Å². The second-order valence-corrected chi connectivity index (χ2v) is 8.15. The maximum atomic E-state index is 14.5. The monoisotopic (exact) mass is 503 g/mol. The normalized spacial score (nSPS) is 24.3. The number of benzene rings is 1. The fourth-order valence-corrected chi connectivity index (χ4v) is 4.08. The molecule has 3 N–H and O–H groups in total. The molecule has 13 heteroatoms. The van der Waals surface area contributed by atoms with Gasteiger partial charge in [0.05, 0.1) is 12.3 Å². The minimum Gasteiger partial charge on any atom is -0.618 e. The molecule has 1 fully saturated rings. The quantitative estimate of drug-likeness (QED) is 0.357. The first-order valence-electron chi connectivity index (χ1n) is 10.4. The highest BCUT2D eigenvalue weighted by Crippen LogP contribution is 2.55. The number of pyridine rings is 1. The minimum absolute atomic E-state index is 0.123. The molecule has 0 saturated carbocycles. The highest BCUT2D eigenvalue weighted by molar-refractivity contribution is 5.97. The van der Waals surface area contributed by atoms with E-state index in [0.29, 0.717) is 0 Å². The molecule has 3 rings (SSSR count).